The normalized spacial score (nSPS) is 12.7. The molecule has 0 bridgehead atoms. The molecule has 0 aliphatic heterocycles. The topological polar surface area (TPSA) is 99.4 Å². The summed E-state index contributed by atoms with van der Waals surface area (Å²) in [5.74, 6) is -0.871. The molecule has 1 aromatic carbocycles. The quantitative estimate of drug-likeness (QED) is 0.789. The molecule has 26 heavy (non-hydrogen) atoms. The Morgan fingerprint density at radius 3 is 2.69 bits per heavy atom. The summed E-state index contributed by atoms with van der Waals surface area (Å²) in [5.41, 5.74) is 2.27. The van der Waals surface area contributed by atoms with E-state index in [1.165, 1.54) is 23.5 Å². The lowest BCUT2D eigenvalue weighted by atomic mass is 9.96. The van der Waals surface area contributed by atoms with Crippen LogP contribution in [0.4, 0.5) is 5.00 Å². The molecule has 0 radical (unpaired) electrons. The second-order valence-electron chi connectivity index (χ2n) is 6.08. The fourth-order valence-electron chi connectivity index (χ4n) is 2.91. The predicted octanol–water partition coefficient (Wildman–Crippen LogP) is 2.93. The van der Waals surface area contributed by atoms with E-state index < -0.39 is 18.5 Å². The van der Waals surface area contributed by atoms with Gasteiger partial charge in [-0.2, -0.15) is 5.26 Å². The number of rotatable bonds is 5. The third-order valence-corrected chi connectivity index (χ3v) is 5.39. The van der Waals surface area contributed by atoms with Crippen LogP contribution in [0.15, 0.2) is 24.3 Å². The molecule has 0 fully saturated rings. The van der Waals surface area contributed by atoms with E-state index in [2.05, 4.69) is 11.4 Å². The van der Waals surface area contributed by atoms with Crippen LogP contribution in [0.2, 0.25) is 0 Å². The predicted molar refractivity (Wildman–Crippen MR) is 97.1 cm³/mol. The summed E-state index contributed by atoms with van der Waals surface area (Å²) in [6.07, 6.45) is 3.98. The fraction of sp³-hybridized carbons (Fsp3) is 0.316. The Hall–Kier alpha value is -2.85. The Kier molecular flexibility index (Phi) is 5.54. The van der Waals surface area contributed by atoms with Crippen molar-refractivity contribution in [1.82, 2.24) is 0 Å². The number of aryl methyl sites for hydroxylation is 1. The Morgan fingerprint density at radius 1 is 1.23 bits per heavy atom. The maximum absolute atomic E-state index is 12.1. The maximum Gasteiger partial charge on any atom is 0.310 e. The van der Waals surface area contributed by atoms with Crippen molar-refractivity contribution in [3.63, 3.8) is 0 Å². The van der Waals surface area contributed by atoms with Crippen LogP contribution in [-0.2, 0) is 33.6 Å². The van der Waals surface area contributed by atoms with Gasteiger partial charge in [-0.05, 0) is 48.9 Å². The first-order valence-corrected chi connectivity index (χ1v) is 9.16. The monoisotopic (exact) mass is 370 g/mol. The number of amides is 1. The molecule has 134 valence electrons. The lowest BCUT2D eigenvalue weighted by Crippen LogP contribution is -2.21. The van der Waals surface area contributed by atoms with Gasteiger partial charge in [0.15, 0.2) is 6.61 Å². The number of fused-ring (bicyclic) bond motifs is 1. The SMILES string of the molecule is N#Cc1c(NC(=O)COC(=O)Cc2ccc(O)cc2)sc2c1CCCC2. The van der Waals surface area contributed by atoms with Crippen molar-refractivity contribution in [2.24, 2.45) is 0 Å². The van der Waals surface area contributed by atoms with E-state index in [9.17, 15) is 20.0 Å². The summed E-state index contributed by atoms with van der Waals surface area (Å²) in [6.45, 7) is -0.398. The minimum atomic E-state index is -0.531. The van der Waals surface area contributed by atoms with E-state index in [0.717, 1.165) is 36.1 Å². The molecule has 7 heteroatoms. The smallest absolute Gasteiger partial charge is 0.310 e. The number of phenolic OH excluding ortho intramolecular Hbond substituents is 1. The number of aromatic hydroxyl groups is 1. The van der Waals surface area contributed by atoms with Crippen LogP contribution in [0.1, 0.15) is 34.4 Å². The van der Waals surface area contributed by atoms with Gasteiger partial charge in [0.05, 0.1) is 12.0 Å². The molecule has 0 spiro atoms. The Morgan fingerprint density at radius 2 is 1.96 bits per heavy atom. The Balaban J connectivity index is 1.54. The molecule has 6 nitrogen and oxygen atoms in total. The number of anilines is 1. The van der Waals surface area contributed by atoms with Crippen molar-refractivity contribution in [2.45, 2.75) is 32.1 Å². The van der Waals surface area contributed by atoms with Crippen LogP contribution in [0.3, 0.4) is 0 Å². The van der Waals surface area contributed by atoms with Gasteiger partial charge < -0.3 is 15.2 Å². The second-order valence-corrected chi connectivity index (χ2v) is 7.18. The number of thiophene rings is 1. The molecule has 1 amide bonds. The number of carbonyl (C=O) groups excluding carboxylic acids is 2. The van der Waals surface area contributed by atoms with Crippen LogP contribution in [-0.4, -0.2) is 23.6 Å². The van der Waals surface area contributed by atoms with Gasteiger partial charge in [-0.15, -0.1) is 11.3 Å². The number of benzene rings is 1. The highest BCUT2D eigenvalue weighted by atomic mass is 32.1. The maximum atomic E-state index is 12.1. The molecule has 2 aromatic rings. The molecule has 0 atom stereocenters. The summed E-state index contributed by atoms with van der Waals surface area (Å²) in [7, 11) is 0. The number of hydrogen-bond donors (Lipinski definition) is 2. The molecular weight excluding hydrogens is 352 g/mol. The zero-order chi connectivity index (χ0) is 18.5. The molecule has 0 saturated carbocycles. The second kappa shape index (κ2) is 8.02. The minimum absolute atomic E-state index is 0.0182. The first-order chi connectivity index (χ1) is 12.6. The van der Waals surface area contributed by atoms with E-state index in [4.69, 9.17) is 4.74 Å². The van der Waals surface area contributed by atoms with Crippen LogP contribution in [0, 0.1) is 11.3 Å². The van der Waals surface area contributed by atoms with Gasteiger partial charge in [0.1, 0.15) is 16.8 Å². The van der Waals surface area contributed by atoms with Crippen molar-refractivity contribution in [3.05, 3.63) is 45.8 Å². The Labute approximate surface area is 155 Å². The van der Waals surface area contributed by atoms with Gasteiger partial charge in [0.2, 0.25) is 0 Å². The molecule has 1 heterocycles. The van der Waals surface area contributed by atoms with E-state index in [-0.39, 0.29) is 12.2 Å². The van der Waals surface area contributed by atoms with Crippen molar-refractivity contribution in [1.29, 1.82) is 5.26 Å². The number of nitriles is 1. The molecule has 3 rings (SSSR count). The van der Waals surface area contributed by atoms with E-state index in [0.29, 0.717) is 16.1 Å². The van der Waals surface area contributed by atoms with Gasteiger partial charge in [-0.25, -0.2) is 0 Å². The van der Waals surface area contributed by atoms with Crippen LogP contribution < -0.4 is 5.32 Å². The summed E-state index contributed by atoms with van der Waals surface area (Å²) < 4.78 is 4.99. The summed E-state index contributed by atoms with van der Waals surface area (Å²) >= 11 is 1.43. The van der Waals surface area contributed by atoms with Gasteiger partial charge >= 0.3 is 5.97 Å². The van der Waals surface area contributed by atoms with Gasteiger partial charge in [-0.1, -0.05) is 12.1 Å². The largest absolute Gasteiger partial charge is 0.508 e. The zero-order valence-electron chi connectivity index (χ0n) is 14.1. The number of esters is 1. The molecule has 0 unspecified atom stereocenters. The molecule has 2 N–H and O–H groups in total. The van der Waals surface area contributed by atoms with Crippen LogP contribution in [0.5, 0.6) is 5.75 Å². The van der Waals surface area contributed by atoms with Crippen LogP contribution in [0.25, 0.3) is 0 Å². The van der Waals surface area contributed by atoms with Gasteiger partial charge in [0, 0.05) is 4.88 Å². The number of hydrogen-bond acceptors (Lipinski definition) is 6. The first-order valence-electron chi connectivity index (χ1n) is 8.35. The fourth-order valence-corrected chi connectivity index (χ4v) is 4.17. The van der Waals surface area contributed by atoms with Crippen molar-refractivity contribution < 1.29 is 19.4 Å². The average molecular weight is 370 g/mol. The third-order valence-electron chi connectivity index (χ3n) is 4.19. The molecule has 1 aliphatic rings. The number of nitrogens with zero attached hydrogens (tertiary/aromatic N) is 1. The van der Waals surface area contributed by atoms with E-state index in [1.54, 1.807) is 12.1 Å². The number of phenols is 1. The van der Waals surface area contributed by atoms with Crippen molar-refractivity contribution in [2.75, 3.05) is 11.9 Å². The minimum Gasteiger partial charge on any atom is -0.508 e. The highest BCUT2D eigenvalue weighted by Crippen LogP contribution is 2.37. The lowest BCUT2D eigenvalue weighted by molar-refractivity contribution is -0.146. The average Bonchev–Trinajstić information content (AvgIpc) is 2.99. The third kappa shape index (κ3) is 4.21. The zero-order valence-corrected chi connectivity index (χ0v) is 14.9. The number of carbonyl (C=O) groups is 2. The van der Waals surface area contributed by atoms with Gasteiger partial charge in [-0.3, -0.25) is 9.59 Å². The lowest BCUT2D eigenvalue weighted by Gasteiger charge is -2.09. The molecule has 1 aliphatic carbocycles. The van der Waals surface area contributed by atoms with Crippen molar-refractivity contribution >= 4 is 28.2 Å². The number of ether oxygens (including phenoxy) is 1. The molecular formula is C19H18N2O4S. The highest BCUT2D eigenvalue weighted by molar-refractivity contribution is 7.16. The van der Waals surface area contributed by atoms with Crippen LogP contribution >= 0.6 is 11.3 Å². The summed E-state index contributed by atoms with van der Waals surface area (Å²) in [5, 5.41) is 21.8. The summed E-state index contributed by atoms with van der Waals surface area (Å²) in [6, 6.07) is 8.38. The standard InChI is InChI=1S/C19H18N2O4S/c20-10-15-14-3-1-2-4-16(14)26-19(15)21-17(23)11-25-18(24)9-12-5-7-13(22)8-6-12/h5-8,22H,1-4,9,11H2,(H,21,23). The molecule has 1 aromatic heterocycles. The molecule has 0 saturated heterocycles. The van der Waals surface area contributed by atoms with E-state index in [1.807, 2.05) is 0 Å². The first kappa shape index (κ1) is 18.0. The highest BCUT2D eigenvalue weighted by Gasteiger charge is 2.22. The summed E-state index contributed by atoms with van der Waals surface area (Å²) in [4.78, 5) is 25.1. The van der Waals surface area contributed by atoms with E-state index >= 15 is 0 Å². The number of nitrogens with one attached hydrogen (secondary N) is 1. The Bertz CT molecular complexity index is 865. The van der Waals surface area contributed by atoms with Crippen molar-refractivity contribution in [3.8, 4) is 11.8 Å². The van der Waals surface area contributed by atoms with Gasteiger partial charge in [0.25, 0.3) is 5.91 Å².